The van der Waals surface area contributed by atoms with Gasteiger partial charge in [0.05, 0.1) is 0 Å². The van der Waals surface area contributed by atoms with Gasteiger partial charge in [-0.1, -0.05) is 6.92 Å². The van der Waals surface area contributed by atoms with E-state index in [0.29, 0.717) is 13.1 Å². The van der Waals surface area contributed by atoms with E-state index in [-0.39, 0.29) is 12.1 Å². The predicted molar refractivity (Wildman–Crippen MR) is 66.0 cm³/mol. The van der Waals surface area contributed by atoms with Gasteiger partial charge in [0.15, 0.2) is 0 Å². The van der Waals surface area contributed by atoms with E-state index in [1.54, 1.807) is 4.90 Å². The van der Waals surface area contributed by atoms with Gasteiger partial charge in [-0.2, -0.15) is 0 Å². The van der Waals surface area contributed by atoms with Gasteiger partial charge in [0.25, 0.3) is 0 Å². The van der Waals surface area contributed by atoms with E-state index in [4.69, 9.17) is 10.5 Å². The van der Waals surface area contributed by atoms with Crippen molar-refractivity contribution in [3.8, 4) is 0 Å². The van der Waals surface area contributed by atoms with Gasteiger partial charge in [0, 0.05) is 12.6 Å². The minimum absolute atomic E-state index is 0.0543. The fourth-order valence-corrected chi connectivity index (χ4v) is 1.23. The maximum Gasteiger partial charge on any atom is 0.410 e. The smallest absolute Gasteiger partial charge is 0.410 e. The van der Waals surface area contributed by atoms with Crippen molar-refractivity contribution in [2.45, 2.75) is 52.2 Å². The summed E-state index contributed by atoms with van der Waals surface area (Å²) in [5.41, 5.74) is 4.98. The molecule has 0 bridgehead atoms. The van der Waals surface area contributed by atoms with Crippen LogP contribution in [0.25, 0.3) is 0 Å². The Morgan fingerprint density at radius 1 is 1.50 bits per heavy atom. The predicted octanol–water partition coefficient (Wildman–Crippen LogP) is 2.18. The van der Waals surface area contributed by atoms with E-state index in [0.717, 1.165) is 12.8 Å². The van der Waals surface area contributed by atoms with Gasteiger partial charge < -0.3 is 15.4 Å². The zero-order chi connectivity index (χ0) is 12.8. The van der Waals surface area contributed by atoms with Crippen LogP contribution < -0.4 is 5.73 Å². The van der Waals surface area contributed by atoms with Gasteiger partial charge in [-0.05, 0) is 47.1 Å². The topological polar surface area (TPSA) is 55.6 Å². The number of nitrogens with zero attached hydrogens (tertiary/aromatic N) is 1. The van der Waals surface area contributed by atoms with Crippen LogP contribution in [0.15, 0.2) is 0 Å². The molecule has 16 heavy (non-hydrogen) atoms. The number of hydrogen-bond donors (Lipinski definition) is 1. The Labute approximate surface area is 99.1 Å². The van der Waals surface area contributed by atoms with Crippen molar-refractivity contribution in [3.63, 3.8) is 0 Å². The summed E-state index contributed by atoms with van der Waals surface area (Å²) in [6.07, 6.45) is 1.28. The van der Waals surface area contributed by atoms with Crippen molar-refractivity contribution >= 4 is 6.09 Å². The van der Waals surface area contributed by atoms with E-state index >= 15 is 0 Å². The average Bonchev–Trinajstić information content (AvgIpc) is 2.15. The van der Waals surface area contributed by atoms with Crippen molar-refractivity contribution in [2.24, 2.45) is 5.73 Å². The summed E-state index contributed by atoms with van der Waals surface area (Å²) < 4.78 is 5.33. The molecule has 0 aromatic carbocycles. The average molecular weight is 229 g/mol. The quantitative estimate of drug-likeness (QED) is 0.786. The normalized spacial score (nSPS) is 13.4. The summed E-state index contributed by atoms with van der Waals surface area (Å²) in [5, 5.41) is 0. The lowest BCUT2D eigenvalue weighted by Crippen LogP contribution is -2.43. The molecule has 95 valence electrons. The molecule has 1 atom stereocenters. The van der Waals surface area contributed by atoms with Crippen LogP contribution in [0.2, 0.25) is 0 Å². The number of rotatable bonds is 5. The summed E-state index contributed by atoms with van der Waals surface area (Å²) in [6, 6.07) is -0.0543. The Kier molecular flexibility index (Phi) is 6.41. The van der Waals surface area contributed by atoms with Gasteiger partial charge in [0.2, 0.25) is 0 Å². The molecule has 1 radical (unpaired) electrons. The molecule has 0 heterocycles. The molecule has 0 aliphatic carbocycles. The number of amides is 1. The highest BCUT2D eigenvalue weighted by atomic mass is 16.6. The van der Waals surface area contributed by atoms with Gasteiger partial charge in [0.1, 0.15) is 5.60 Å². The third kappa shape index (κ3) is 5.95. The Morgan fingerprint density at radius 3 is 2.44 bits per heavy atom. The second-order valence-electron chi connectivity index (χ2n) is 4.88. The summed E-state index contributed by atoms with van der Waals surface area (Å²) in [7, 11) is 0. The Morgan fingerprint density at radius 2 is 2.06 bits per heavy atom. The molecule has 0 saturated carbocycles. The van der Waals surface area contributed by atoms with Crippen LogP contribution in [0.4, 0.5) is 4.79 Å². The lowest BCUT2D eigenvalue weighted by atomic mass is 10.2. The van der Waals surface area contributed by atoms with Crippen LogP contribution in [-0.2, 0) is 4.74 Å². The Balaban J connectivity index is 4.43. The first-order valence-corrected chi connectivity index (χ1v) is 5.84. The first-order chi connectivity index (χ1) is 7.31. The molecule has 1 amide bonds. The molecule has 0 aliphatic heterocycles. The number of carbonyl (C=O) groups excluding carboxylic acids is 1. The maximum atomic E-state index is 11.9. The third-order valence-electron chi connectivity index (χ3n) is 2.14. The first kappa shape index (κ1) is 15.2. The molecule has 0 aromatic rings. The van der Waals surface area contributed by atoms with E-state index in [1.165, 1.54) is 0 Å². The molecule has 0 aromatic heterocycles. The molecule has 2 N–H and O–H groups in total. The SMILES string of the molecule is [CH2]C(CC)N(CCCN)C(=O)OC(C)(C)C. The highest BCUT2D eigenvalue weighted by Gasteiger charge is 2.24. The van der Waals surface area contributed by atoms with Crippen molar-refractivity contribution in [1.29, 1.82) is 0 Å². The second-order valence-corrected chi connectivity index (χ2v) is 4.88. The molecule has 0 rings (SSSR count). The summed E-state index contributed by atoms with van der Waals surface area (Å²) >= 11 is 0. The molecular formula is C12H25N2O2. The molecular weight excluding hydrogens is 204 g/mol. The summed E-state index contributed by atoms with van der Waals surface area (Å²) in [6.45, 7) is 12.7. The van der Waals surface area contributed by atoms with Crippen molar-refractivity contribution in [2.75, 3.05) is 13.1 Å². The van der Waals surface area contributed by atoms with Crippen LogP contribution >= 0.6 is 0 Å². The fraction of sp³-hybridized carbons (Fsp3) is 0.833. The monoisotopic (exact) mass is 229 g/mol. The van der Waals surface area contributed by atoms with E-state index in [1.807, 2.05) is 27.7 Å². The van der Waals surface area contributed by atoms with Crippen LogP contribution in [0.5, 0.6) is 0 Å². The molecule has 0 aliphatic rings. The van der Waals surface area contributed by atoms with E-state index < -0.39 is 5.60 Å². The van der Waals surface area contributed by atoms with Crippen molar-refractivity contribution in [3.05, 3.63) is 6.92 Å². The highest BCUT2D eigenvalue weighted by Crippen LogP contribution is 2.13. The van der Waals surface area contributed by atoms with Gasteiger partial charge in [-0.3, -0.25) is 0 Å². The second kappa shape index (κ2) is 6.74. The molecule has 0 fully saturated rings. The first-order valence-electron chi connectivity index (χ1n) is 5.84. The third-order valence-corrected chi connectivity index (χ3v) is 2.14. The van der Waals surface area contributed by atoms with Crippen LogP contribution in [0, 0.1) is 6.92 Å². The van der Waals surface area contributed by atoms with E-state index in [9.17, 15) is 4.79 Å². The minimum atomic E-state index is -0.467. The standard InChI is InChI=1S/C12H25N2O2/c1-6-10(2)14(9-7-8-13)11(15)16-12(3,4)5/h10H,2,6-9,13H2,1,3-5H3. The lowest BCUT2D eigenvalue weighted by molar-refractivity contribution is 0.0193. The fourth-order valence-electron chi connectivity index (χ4n) is 1.23. The lowest BCUT2D eigenvalue weighted by Gasteiger charge is -2.31. The largest absolute Gasteiger partial charge is 0.444 e. The number of hydrogen-bond acceptors (Lipinski definition) is 3. The molecule has 0 spiro atoms. The summed E-state index contributed by atoms with van der Waals surface area (Å²) in [5.74, 6) is 0. The Bertz CT molecular complexity index is 212. The summed E-state index contributed by atoms with van der Waals surface area (Å²) in [4.78, 5) is 13.5. The highest BCUT2D eigenvalue weighted by molar-refractivity contribution is 5.68. The zero-order valence-electron chi connectivity index (χ0n) is 11.0. The number of carbonyl (C=O) groups is 1. The Hall–Kier alpha value is -0.770. The van der Waals surface area contributed by atoms with Gasteiger partial charge >= 0.3 is 6.09 Å². The number of nitrogens with two attached hydrogens (primary N) is 1. The minimum Gasteiger partial charge on any atom is -0.444 e. The molecule has 4 nitrogen and oxygen atoms in total. The number of ether oxygens (including phenoxy) is 1. The molecule has 0 saturated heterocycles. The van der Waals surface area contributed by atoms with Crippen molar-refractivity contribution < 1.29 is 9.53 Å². The van der Waals surface area contributed by atoms with Gasteiger partial charge in [-0.15, -0.1) is 0 Å². The molecule has 4 heteroatoms. The van der Waals surface area contributed by atoms with Crippen LogP contribution in [0.1, 0.15) is 40.5 Å². The maximum absolute atomic E-state index is 11.9. The molecule has 1 unspecified atom stereocenters. The zero-order valence-corrected chi connectivity index (χ0v) is 11.0. The van der Waals surface area contributed by atoms with Crippen LogP contribution in [0.3, 0.4) is 0 Å². The van der Waals surface area contributed by atoms with Crippen molar-refractivity contribution in [1.82, 2.24) is 4.90 Å². The van der Waals surface area contributed by atoms with Crippen LogP contribution in [-0.4, -0.2) is 35.7 Å². The van der Waals surface area contributed by atoms with Gasteiger partial charge in [-0.25, -0.2) is 4.79 Å². The van der Waals surface area contributed by atoms with E-state index in [2.05, 4.69) is 6.92 Å².